The third-order valence-electron chi connectivity index (χ3n) is 3.78. The van der Waals surface area contributed by atoms with Crippen molar-refractivity contribution >= 4 is 11.9 Å². The van der Waals surface area contributed by atoms with E-state index < -0.39 is 6.09 Å². The first-order valence-electron chi connectivity index (χ1n) is 5.78. The highest BCUT2D eigenvalue weighted by molar-refractivity contribution is 5.86. The van der Waals surface area contributed by atoms with E-state index in [1.54, 1.807) is 4.90 Å². The fourth-order valence-corrected chi connectivity index (χ4v) is 3.19. The third-order valence-corrected chi connectivity index (χ3v) is 3.78. The normalized spacial score (nSPS) is 23.8. The van der Waals surface area contributed by atoms with Gasteiger partial charge >= 0.3 is 6.09 Å². The average molecular weight is 225 g/mol. The van der Waals surface area contributed by atoms with Crippen LogP contribution in [0, 0.1) is 5.41 Å². The van der Waals surface area contributed by atoms with Crippen LogP contribution in [0.5, 0.6) is 0 Å². The molecule has 0 aromatic carbocycles. The van der Waals surface area contributed by atoms with Crippen LogP contribution >= 0.6 is 0 Å². The SMILES string of the molecule is CC(C)(C)N(C(=O)O)C1CC2(CC(=O)C2)C1. The molecule has 0 atom stereocenters. The van der Waals surface area contributed by atoms with Gasteiger partial charge in [0.25, 0.3) is 0 Å². The minimum absolute atomic E-state index is 0.102. The van der Waals surface area contributed by atoms with E-state index in [-0.39, 0.29) is 17.0 Å². The van der Waals surface area contributed by atoms with Gasteiger partial charge in [0.15, 0.2) is 0 Å². The van der Waals surface area contributed by atoms with E-state index in [0.29, 0.717) is 18.6 Å². The number of ketones is 1. The maximum atomic E-state index is 11.2. The van der Waals surface area contributed by atoms with Crippen molar-refractivity contribution in [1.82, 2.24) is 4.90 Å². The number of carbonyl (C=O) groups is 2. The Bertz CT molecular complexity index is 327. The second-order valence-electron chi connectivity index (χ2n) is 6.28. The summed E-state index contributed by atoms with van der Waals surface area (Å²) < 4.78 is 0. The Hall–Kier alpha value is -1.06. The highest BCUT2D eigenvalue weighted by Gasteiger charge is 2.56. The Morgan fingerprint density at radius 2 is 1.88 bits per heavy atom. The van der Waals surface area contributed by atoms with Crippen LogP contribution in [0.3, 0.4) is 0 Å². The van der Waals surface area contributed by atoms with Crippen LogP contribution < -0.4 is 0 Å². The predicted molar refractivity (Wildman–Crippen MR) is 59.3 cm³/mol. The number of carboxylic acid groups (broad SMARTS) is 1. The Balaban J connectivity index is 1.99. The highest BCUT2D eigenvalue weighted by Crippen LogP contribution is 2.56. The Kier molecular flexibility index (Phi) is 2.30. The summed E-state index contributed by atoms with van der Waals surface area (Å²) in [6.07, 6.45) is 2.21. The van der Waals surface area contributed by atoms with Crippen molar-refractivity contribution in [3.63, 3.8) is 0 Å². The van der Waals surface area contributed by atoms with Crippen LogP contribution in [-0.4, -0.2) is 33.5 Å². The van der Waals surface area contributed by atoms with Crippen molar-refractivity contribution in [1.29, 1.82) is 0 Å². The molecule has 2 aliphatic carbocycles. The van der Waals surface area contributed by atoms with Gasteiger partial charge in [-0.3, -0.25) is 4.79 Å². The Morgan fingerprint density at radius 1 is 1.38 bits per heavy atom. The second-order valence-corrected chi connectivity index (χ2v) is 6.28. The standard InChI is InChI=1S/C12H19NO3/c1-11(2,3)13(10(15)16)8-4-12(5-8)6-9(14)7-12/h8H,4-7H2,1-3H3,(H,15,16). The average Bonchev–Trinajstić information content (AvgIpc) is 1.93. The molecule has 16 heavy (non-hydrogen) atoms. The summed E-state index contributed by atoms with van der Waals surface area (Å²) in [5.41, 5.74) is -0.188. The number of carbonyl (C=O) groups excluding carboxylic acids is 1. The number of nitrogens with zero attached hydrogens (tertiary/aromatic N) is 1. The summed E-state index contributed by atoms with van der Waals surface area (Å²) >= 11 is 0. The predicted octanol–water partition coefficient (Wildman–Crippen LogP) is 2.28. The first-order chi connectivity index (χ1) is 7.23. The summed E-state index contributed by atoms with van der Waals surface area (Å²) in [6.45, 7) is 5.74. The van der Waals surface area contributed by atoms with E-state index in [0.717, 1.165) is 12.8 Å². The molecular formula is C12H19NO3. The van der Waals surface area contributed by atoms with E-state index in [9.17, 15) is 14.7 Å². The van der Waals surface area contributed by atoms with Gasteiger partial charge in [-0.2, -0.15) is 0 Å². The smallest absolute Gasteiger partial charge is 0.407 e. The quantitative estimate of drug-likeness (QED) is 0.744. The first-order valence-corrected chi connectivity index (χ1v) is 5.78. The molecule has 1 spiro atoms. The van der Waals surface area contributed by atoms with Crippen LogP contribution in [0.4, 0.5) is 4.79 Å². The zero-order chi connectivity index (χ0) is 12.1. The van der Waals surface area contributed by atoms with Crippen molar-refractivity contribution in [2.24, 2.45) is 5.41 Å². The van der Waals surface area contributed by atoms with Crippen molar-refractivity contribution in [2.75, 3.05) is 0 Å². The fraction of sp³-hybridized carbons (Fsp3) is 0.833. The lowest BCUT2D eigenvalue weighted by atomic mass is 9.53. The van der Waals surface area contributed by atoms with Crippen LogP contribution in [-0.2, 0) is 4.79 Å². The second kappa shape index (κ2) is 3.22. The van der Waals surface area contributed by atoms with Crippen LogP contribution in [0.1, 0.15) is 46.5 Å². The molecule has 1 amide bonds. The fourth-order valence-electron chi connectivity index (χ4n) is 3.19. The molecule has 0 radical (unpaired) electrons. The third kappa shape index (κ3) is 1.70. The van der Waals surface area contributed by atoms with E-state index in [1.165, 1.54) is 0 Å². The molecule has 2 saturated carbocycles. The molecule has 0 aromatic rings. The maximum absolute atomic E-state index is 11.2. The summed E-state index contributed by atoms with van der Waals surface area (Å²) in [5.74, 6) is 0.330. The van der Waals surface area contributed by atoms with Gasteiger partial charge in [0.1, 0.15) is 5.78 Å². The molecule has 1 N–H and O–H groups in total. The largest absolute Gasteiger partial charge is 0.465 e. The summed E-state index contributed by atoms with van der Waals surface area (Å²) in [7, 11) is 0. The minimum Gasteiger partial charge on any atom is -0.465 e. The number of hydrogen-bond donors (Lipinski definition) is 1. The molecule has 0 bridgehead atoms. The molecule has 0 aliphatic heterocycles. The monoisotopic (exact) mass is 225 g/mol. The topological polar surface area (TPSA) is 57.6 Å². The number of amides is 1. The van der Waals surface area contributed by atoms with Gasteiger partial charge in [-0.25, -0.2) is 4.79 Å². The molecule has 4 heteroatoms. The molecular weight excluding hydrogens is 206 g/mol. The lowest BCUT2D eigenvalue weighted by molar-refractivity contribution is -0.144. The minimum atomic E-state index is -0.849. The maximum Gasteiger partial charge on any atom is 0.407 e. The van der Waals surface area contributed by atoms with E-state index in [4.69, 9.17) is 0 Å². The van der Waals surface area contributed by atoms with Crippen molar-refractivity contribution in [3.05, 3.63) is 0 Å². The molecule has 0 aromatic heterocycles. The number of Topliss-reactive ketones (excluding diaryl/α,β-unsaturated/α-hetero) is 1. The van der Waals surface area contributed by atoms with Gasteiger partial charge in [-0.1, -0.05) is 0 Å². The van der Waals surface area contributed by atoms with Gasteiger partial charge in [-0.05, 0) is 39.0 Å². The van der Waals surface area contributed by atoms with Gasteiger partial charge < -0.3 is 10.0 Å². The van der Waals surface area contributed by atoms with Crippen LogP contribution in [0.15, 0.2) is 0 Å². The Labute approximate surface area is 95.6 Å². The van der Waals surface area contributed by atoms with E-state index in [2.05, 4.69) is 0 Å². The van der Waals surface area contributed by atoms with Gasteiger partial charge in [0, 0.05) is 24.4 Å². The molecule has 2 rings (SSSR count). The zero-order valence-corrected chi connectivity index (χ0v) is 10.1. The number of rotatable bonds is 1. The lowest BCUT2D eigenvalue weighted by Gasteiger charge is -2.57. The molecule has 2 fully saturated rings. The summed E-state index contributed by atoms with van der Waals surface area (Å²) in [5, 5.41) is 9.22. The molecule has 0 heterocycles. The molecule has 4 nitrogen and oxygen atoms in total. The molecule has 90 valence electrons. The first kappa shape index (κ1) is 11.4. The van der Waals surface area contributed by atoms with Crippen molar-refractivity contribution < 1.29 is 14.7 Å². The van der Waals surface area contributed by atoms with Crippen LogP contribution in [0.2, 0.25) is 0 Å². The van der Waals surface area contributed by atoms with E-state index in [1.807, 2.05) is 20.8 Å². The van der Waals surface area contributed by atoms with Gasteiger partial charge in [0.05, 0.1) is 0 Å². The zero-order valence-electron chi connectivity index (χ0n) is 10.1. The van der Waals surface area contributed by atoms with Crippen LogP contribution in [0.25, 0.3) is 0 Å². The van der Waals surface area contributed by atoms with Crippen molar-refractivity contribution in [2.45, 2.75) is 58.0 Å². The highest BCUT2D eigenvalue weighted by atomic mass is 16.4. The summed E-state index contributed by atoms with van der Waals surface area (Å²) in [6, 6.07) is 0.102. The van der Waals surface area contributed by atoms with Crippen molar-refractivity contribution in [3.8, 4) is 0 Å². The van der Waals surface area contributed by atoms with Gasteiger partial charge in [-0.15, -0.1) is 0 Å². The van der Waals surface area contributed by atoms with E-state index >= 15 is 0 Å². The summed E-state index contributed by atoms with van der Waals surface area (Å²) in [4.78, 5) is 23.7. The molecule has 0 unspecified atom stereocenters. The Morgan fingerprint density at radius 3 is 2.19 bits per heavy atom. The molecule has 0 saturated heterocycles. The molecule has 2 aliphatic rings. The lowest BCUT2D eigenvalue weighted by Crippen LogP contribution is -2.62. The van der Waals surface area contributed by atoms with Gasteiger partial charge in [0.2, 0.25) is 0 Å². The number of hydrogen-bond acceptors (Lipinski definition) is 2.